The molecular formula is C17H31N3O5. The van der Waals surface area contributed by atoms with Gasteiger partial charge in [0.25, 0.3) is 0 Å². The number of carboxylic acids is 2. The second-order valence-corrected chi connectivity index (χ2v) is 7.64. The molecule has 8 heteroatoms. The number of carbonyl (C=O) groups is 2. The van der Waals surface area contributed by atoms with E-state index >= 15 is 0 Å². The Morgan fingerprint density at radius 1 is 0.880 bits per heavy atom. The highest BCUT2D eigenvalue weighted by molar-refractivity contribution is 5.69. The third kappa shape index (κ3) is 7.41. The van der Waals surface area contributed by atoms with Crippen molar-refractivity contribution in [3.8, 4) is 0 Å². The summed E-state index contributed by atoms with van der Waals surface area (Å²) in [7, 11) is 0. The fraction of sp³-hybridized carbons (Fsp3) is 0.765. The van der Waals surface area contributed by atoms with Gasteiger partial charge in [-0.15, -0.1) is 0 Å². The first-order chi connectivity index (χ1) is 11.5. The quantitative estimate of drug-likeness (QED) is 0.593. The van der Waals surface area contributed by atoms with Crippen molar-refractivity contribution >= 4 is 11.9 Å². The molecule has 1 heterocycles. The number of hydrogen-bond donors (Lipinski definition) is 3. The second-order valence-electron chi connectivity index (χ2n) is 7.64. The second kappa shape index (κ2) is 9.17. The predicted molar refractivity (Wildman–Crippen MR) is 94.7 cm³/mol. The Labute approximate surface area is 149 Å². The molecule has 0 saturated carbocycles. The van der Waals surface area contributed by atoms with Gasteiger partial charge in [-0.3, -0.25) is 24.3 Å². The molecule has 8 nitrogen and oxygen atoms in total. The molecule has 1 atom stereocenters. The summed E-state index contributed by atoms with van der Waals surface area (Å²) in [5.41, 5.74) is -0.255. The lowest BCUT2D eigenvalue weighted by Crippen LogP contribution is -2.49. The molecule has 0 aromatic rings. The molecule has 0 bridgehead atoms. The first kappa shape index (κ1) is 21.4. The highest BCUT2D eigenvalue weighted by Gasteiger charge is 2.33. The van der Waals surface area contributed by atoms with Gasteiger partial charge in [-0.2, -0.15) is 0 Å². The summed E-state index contributed by atoms with van der Waals surface area (Å²) in [5, 5.41) is 28.3. The van der Waals surface area contributed by atoms with E-state index in [0.29, 0.717) is 39.3 Å². The van der Waals surface area contributed by atoms with Gasteiger partial charge in [-0.25, -0.2) is 0 Å². The lowest BCUT2D eigenvalue weighted by molar-refractivity contribution is -0.140. The third-order valence-corrected chi connectivity index (χ3v) is 4.36. The molecule has 0 radical (unpaired) electrons. The smallest absolute Gasteiger partial charge is 0.317 e. The van der Waals surface area contributed by atoms with Crippen LogP contribution in [0.1, 0.15) is 20.8 Å². The van der Waals surface area contributed by atoms with E-state index in [1.165, 1.54) is 0 Å². The zero-order valence-electron chi connectivity index (χ0n) is 15.4. The van der Waals surface area contributed by atoms with Gasteiger partial charge >= 0.3 is 11.9 Å². The minimum atomic E-state index is -0.908. The summed E-state index contributed by atoms with van der Waals surface area (Å²) >= 11 is 0. The normalized spacial score (nSPS) is 20.3. The molecule has 25 heavy (non-hydrogen) atoms. The zero-order chi connectivity index (χ0) is 19.2. The standard InChI is InChI=1S/C17H31N3O5/c1-13(21)16(17(2,3)4)20-9-7-18(11-14(22)23)5-6-19(8-10-20)12-15(24)25/h16,21H,1,5-12H2,2-4H3,(H,22,23)(H,24,25). The van der Waals surface area contributed by atoms with E-state index in [2.05, 4.69) is 11.5 Å². The van der Waals surface area contributed by atoms with Crippen molar-refractivity contribution in [2.45, 2.75) is 26.8 Å². The summed E-state index contributed by atoms with van der Waals surface area (Å²) in [4.78, 5) is 27.8. The molecule has 1 aliphatic rings. The minimum Gasteiger partial charge on any atom is -0.511 e. The van der Waals surface area contributed by atoms with Crippen LogP contribution < -0.4 is 0 Å². The van der Waals surface area contributed by atoms with E-state index in [1.807, 2.05) is 20.8 Å². The molecule has 1 unspecified atom stereocenters. The van der Waals surface area contributed by atoms with Crippen molar-refractivity contribution in [1.82, 2.24) is 14.7 Å². The first-order valence-electron chi connectivity index (χ1n) is 8.51. The van der Waals surface area contributed by atoms with Gasteiger partial charge in [0.2, 0.25) is 0 Å². The van der Waals surface area contributed by atoms with Gasteiger partial charge in [-0.1, -0.05) is 27.4 Å². The average molecular weight is 357 g/mol. The van der Waals surface area contributed by atoms with Crippen molar-refractivity contribution < 1.29 is 24.9 Å². The number of aliphatic hydroxyl groups is 1. The Hall–Kier alpha value is -1.64. The minimum absolute atomic E-state index is 0.0707. The van der Waals surface area contributed by atoms with E-state index in [-0.39, 0.29) is 30.3 Å². The van der Waals surface area contributed by atoms with Crippen LogP contribution in [0.25, 0.3) is 0 Å². The van der Waals surface area contributed by atoms with E-state index in [0.717, 1.165) is 0 Å². The first-order valence-corrected chi connectivity index (χ1v) is 8.51. The average Bonchev–Trinajstić information content (AvgIpc) is 2.50. The fourth-order valence-corrected chi connectivity index (χ4v) is 3.37. The maximum Gasteiger partial charge on any atom is 0.317 e. The Balaban J connectivity index is 2.99. The number of carboxylic acid groups (broad SMARTS) is 2. The Morgan fingerprint density at radius 3 is 1.52 bits per heavy atom. The van der Waals surface area contributed by atoms with Crippen LogP contribution in [-0.4, -0.2) is 100 Å². The zero-order valence-corrected chi connectivity index (χ0v) is 15.4. The van der Waals surface area contributed by atoms with Crippen LogP contribution in [0.15, 0.2) is 12.3 Å². The predicted octanol–water partition coefficient (Wildman–Crippen LogP) is 0.562. The number of hydrogen-bond acceptors (Lipinski definition) is 6. The number of rotatable bonds is 6. The fourth-order valence-electron chi connectivity index (χ4n) is 3.37. The topological polar surface area (TPSA) is 105 Å². The van der Waals surface area contributed by atoms with Crippen LogP contribution in [0.5, 0.6) is 0 Å². The largest absolute Gasteiger partial charge is 0.511 e. The summed E-state index contributed by atoms with van der Waals surface area (Å²) in [6.07, 6.45) is 0. The number of aliphatic hydroxyl groups excluding tert-OH is 1. The summed E-state index contributed by atoms with van der Waals surface area (Å²) in [5.74, 6) is -1.75. The van der Waals surface area contributed by atoms with Crippen LogP contribution in [0.3, 0.4) is 0 Å². The molecule has 144 valence electrons. The van der Waals surface area contributed by atoms with Gasteiger partial charge in [0.15, 0.2) is 0 Å². The SMILES string of the molecule is C=C(O)C(N1CCN(CC(=O)O)CCN(CC(=O)O)CC1)C(C)(C)C. The Morgan fingerprint density at radius 2 is 1.24 bits per heavy atom. The van der Waals surface area contributed by atoms with Gasteiger partial charge in [0.05, 0.1) is 19.1 Å². The molecule has 1 saturated heterocycles. The lowest BCUT2D eigenvalue weighted by Gasteiger charge is -2.40. The molecule has 0 amide bonds. The van der Waals surface area contributed by atoms with Crippen molar-refractivity contribution in [2.24, 2.45) is 5.41 Å². The van der Waals surface area contributed by atoms with Gasteiger partial charge in [0, 0.05) is 39.3 Å². The lowest BCUT2D eigenvalue weighted by atomic mass is 9.84. The van der Waals surface area contributed by atoms with Crippen LogP contribution in [0.4, 0.5) is 0 Å². The van der Waals surface area contributed by atoms with Crippen LogP contribution in [0.2, 0.25) is 0 Å². The van der Waals surface area contributed by atoms with E-state index in [4.69, 9.17) is 10.2 Å². The van der Waals surface area contributed by atoms with E-state index < -0.39 is 11.9 Å². The Kier molecular flexibility index (Phi) is 7.85. The molecule has 0 aromatic carbocycles. The maximum atomic E-state index is 11.1. The number of nitrogens with zero attached hydrogens (tertiary/aromatic N) is 3. The van der Waals surface area contributed by atoms with E-state index in [1.54, 1.807) is 9.80 Å². The van der Waals surface area contributed by atoms with Gasteiger partial charge < -0.3 is 15.3 Å². The molecule has 3 N–H and O–H groups in total. The van der Waals surface area contributed by atoms with Crippen molar-refractivity contribution in [3.05, 3.63) is 12.3 Å². The molecule has 1 aliphatic heterocycles. The summed E-state index contributed by atoms with van der Waals surface area (Å²) in [6, 6.07) is -0.288. The van der Waals surface area contributed by atoms with Gasteiger partial charge in [-0.05, 0) is 5.41 Å². The van der Waals surface area contributed by atoms with Crippen LogP contribution in [0, 0.1) is 5.41 Å². The molecule has 1 fully saturated rings. The molecule has 0 aliphatic carbocycles. The summed E-state index contributed by atoms with van der Waals surface area (Å²) in [6.45, 7) is 12.8. The molecule has 0 spiro atoms. The number of aliphatic carboxylic acids is 2. The van der Waals surface area contributed by atoms with Crippen molar-refractivity contribution in [2.75, 3.05) is 52.4 Å². The van der Waals surface area contributed by atoms with Crippen LogP contribution >= 0.6 is 0 Å². The molecule has 1 rings (SSSR count). The monoisotopic (exact) mass is 357 g/mol. The third-order valence-electron chi connectivity index (χ3n) is 4.36. The van der Waals surface area contributed by atoms with Crippen molar-refractivity contribution in [1.29, 1.82) is 0 Å². The highest BCUT2D eigenvalue weighted by Crippen LogP contribution is 2.28. The van der Waals surface area contributed by atoms with Gasteiger partial charge in [0.1, 0.15) is 5.76 Å². The summed E-state index contributed by atoms with van der Waals surface area (Å²) < 4.78 is 0. The molecule has 0 aromatic heterocycles. The Bertz CT molecular complexity index is 461. The van der Waals surface area contributed by atoms with Crippen LogP contribution in [-0.2, 0) is 9.59 Å². The highest BCUT2D eigenvalue weighted by atomic mass is 16.4. The molecular weight excluding hydrogens is 326 g/mol. The van der Waals surface area contributed by atoms with Crippen molar-refractivity contribution in [3.63, 3.8) is 0 Å². The van der Waals surface area contributed by atoms with E-state index in [9.17, 15) is 14.7 Å². The maximum absolute atomic E-state index is 11.1.